The largest absolute Gasteiger partial charge is 0.505 e. The molecule has 0 atom stereocenters. The van der Waals surface area contributed by atoms with Crippen molar-refractivity contribution in [1.29, 1.82) is 0 Å². The van der Waals surface area contributed by atoms with E-state index in [0.29, 0.717) is 99.9 Å². The van der Waals surface area contributed by atoms with Crippen LogP contribution in [-0.4, -0.2) is 232 Å². The number of nitrogens with one attached hydrogen (secondary N) is 6. The maximum absolute atomic E-state index is 13.6. The van der Waals surface area contributed by atoms with Gasteiger partial charge < -0.3 is 103 Å². The number of fused-ring (bicyclic) bond motifs is 8. The predicted octanol–water partition coefficient (Wildman–Crippen LogP) is 13.0. The second-order valence-corrected chi connectivity index (χ2v) is 37.2. The van der Waals surface area contributed by atoms with Crippen LogP contribution in [-0.2, 0) is 13.2 Å². The van der Waals surface area contributed by atoms with Gasteiger partial charge in [0.15, 0.2) is 45.6 Å². The van der Waals surface area contributed by atoms with E-state index in [4.69, 9.17) is 26.0 Å². The predicted molar refractivity (Wildman–Crippen MR) is 580 cm³/mol. The SMILES string of the molecule is C.CB(O)NCC1CCN(c2cc3ncccc3cc2N)CC1.CB(O)NCC1CCN(c2cc3ncccc3cc2NC(=O)c2cnn3cc(O)cnc23)CC1.CB(O)NCC1CCN(c2cc3ncccc3cc2NC(=O)c2cnn3cc(OCc4ccccc4)cnc23)CC1.NCC1CCN(c2cc3ncccc3cc2NC(=O)c2cnn3cc(O)cnc23)CC1.O=C(O)c1cnn2cc(OCc3ccccc3)cnc12. The van der Waals surface area contributed by atoms with Crippen molar-refractivity contribution in [2.75, 3.05) is 120 Å². The minimum Gasteiger partial charge on any atom is -0.505 e. The van der Waals surface area contributed by atoms with Crippen molar-refractivity contribution in [2.45, 2.75) is 92.5 Å². The fraction of sp³-hybridized carbons (Fsp3) is 0.283. The van der Waals surface area contributed by atoms with Crippen LogP contribution in [0.15, 0.2) is 257 Å². The zero-order valence-corrected chi connectivity index (χ0v) is 82.1. The molecule has 0 aliphatic carbocycles. The molecule has 40 nitrogen and oxygen atoms in total. The molecule has 0 saturated carbocycles. The highest BCUT2D eigenvalue weighted by atomic mass is 16.5. The quantitative estimate of drug-likeness (QED) is 0.0168. The Labute approximate surface area is 859 Å². The van der Waals surface area contributed by atoms with Crippen LogP contribution >= 0.6 is 0 Å². The number of aromatic hydroxyl groups is 2. The number of carbonyl (C=O) groups is 4. The average molecular weight is 2010 g/mol. The first-order valence-corrected chi connectivity index (χ1v) is 49.5. The molecule has 4 aliphatic rings. The summed E-state index contributed by atoms with van der Waals surface area (Å²) in [6.45, 7) is 16.3. The zero-order chi connectivity index (χ0) is 103. The minimum absolute atomic E-state index is 0. The van der Waals surface area contributed by atoms with Gasteiger partial charge in [-0.15, -0.1) is 0 Å². The number of ether oxygens (including phenoxy) is 2. The van der Waals surface area contributed by atoms with Crippen molar-refractivity contribution in [1.82, 2.24) is 94.0 Å². The Balaban J connectivity index is 0.000000129. The summed E-state index contributed by atoms with van der Waals surface area (Å²) < 4.78 is 17.2. The number of amides is 3. The number of carbonyl (C=O) groups excluding carboxylic acids is 3. The highest BCUT2D eigenvalue weighted by Crippen LogP contribution is 2.40. The summed E-state index contributed by atoms with van der Waals surface area (Å²) in [5, 5.41) is 95.6. The molecule has 4 aliphatic heterocycles. The molecular formula is C106H119B3N28O12. The lowest BCUT2D eigenvalue weighted by Crippen LogP contribution is -2.41. The number of rotatable bonds is 27. The van der Waals surface area contributed by atoms with E-state index in [1.54, 1.807) is 62.2 Å². The molecule has 149 heavy (non-hydrogen) atoms. The van der Waals surface area contributed by atoms with Crippen LogP contribution in [0.4, 0.5) is 45.5 Å². The number of nitrogens with two attached hydrogens (primary N) is 2. The van der Waals surface area contributed by atoms with E-state index < -0.39 is 27.1 Å². The number of aromatic carboxylic acids is 1. The summed E-state index contributed by atoms with van der Waals surface area (Å²) in [6, 6.07) is 51.2. The van der Waals surface area contributed by atoms with Crippen LogP contribution in [0.2, 0.25) is 20.5 Å². The lowest BCUT2D eigenvalue weighted by atomic mass is 9.86. The summed E-state index contributed by atoms with van der Waals surface area (Å²) in [4.78, 5) is 94.8. The summed E-state index contributed by atoms with van der Waals surface area (Å²) >= 11 is 0. The Morgan fingerprint density at radius 3 is 0.993 bits per heavy atom. The van der Waals surface area contributed by atoms with E-state index in [2.05, 4.69) is 118 Å². The number of hydrogen-bond acceptors (Lipinski definition) is 32. The monoisotopic (exact) mass is 2010 g/mol. The Kier molecular flexibility index (Phi) is 33.9. The van der Waals surface area contributed by atoms with Gasteiger partial charge in [0.05, 0.1) is 142 Å². The van der Waals surface area contributed by atoms with E-state index in [-0.39, 0.29) is 42.2 Å². The van der Waals surface area contributed by atoms with Crippen LogP contribution in [0.5, 0.6) is 23.0 Å². The standard InChI is InChI=1S/C30H32BN7O3.C23H26BN7O3.C22H23N7O2.C16H23BN4O.C14H11N3O3.CH4/c1-31(40)34-16-21-9-12-37(13-10-21)28-15-26-23(8-5-11-32-26)14-27(28)36-30(39)25-18-35-38-19-24(17-33-29(25)38)41-20-22-6-3-2-4-7-22;1-24(34)27-11-15-4-7-30(8-5-15)21-10-19-16(3-2-6-25-19)9-20(21)29-23(33)18-13-28-31-14-17(32)12-26-22(18)31;23-10-14-3-6-28(7-4-14)20-9-18-15(2-1-5-24-18)8-19(20)27-22(31)17-12-26-29-13-16(30)11-25-21(17)29;1-17(22)20-11-12-4-7-21(8-5-12)16-10-15-13(9-14(16)18)3-2-6-19-15;18-14(19)12-7-16-17-8-11(6-15-13(12)17)20-9-10-4-2-1-3-5-10;/h2-8,11,14-15,17-19,21,34,40H,9-10,12-13,16,20H2,1H3,(H,36,39);2-3,6,9-10,12-15,27,32,34H,4-5,7-8,11H2,1H3,(H,29,33);1-2,5,8-9,11-14,30H,3-4,6-7,10,23H2,(H,27,31);2-3,6,9-10,12,20,22H,4-5,7-8,11,18H2,1H3;1-8H,9H2,(H,18,19);1H4. The number of anilines is 8. The molecule has 3 amide bonds. The molecule has 22 rings (SSSR count). The fourth-order valence-electron chi connectivity index (χ4n) is 18.6. The van der Waals surface area contributed by atoms with Gasteiger partial charge in [-0.3, -0.25) is 34.3 Å². The van der Waals surface area contributed by atoms with E-state index in [9.17, 15) is 44.5 Å². The van der Waals surface area contributed by atoms with Crippen molar-refractivity contribution in [3.05, 3.63) is 290 Å². The van der Waals surface area contributed by atoms with Crippen molar-refractivity contribution in [2.24, 2.45) is 29.4 Å². The third-order valence-electron chi connectivity index (χ3n) is 26.7. The third kappa shape index (κ3) is 26.1. The molecular weight excluding hydrogens is 1890 g/mol. The molecule has 0 spiro atoms. The van der Waals surface area contributed by atoms with E-state index in [0.717, 1.165) is 218 Å². The van der Waals surface area contributed by atoms with E-state index in [1.807, 2.05) is 158 Å². The highest BCUT2D eigenvalue weighted by molar-refractivity contribution is 6.46. The van der Waals surface area contributed by atoms with Crippen molar-refractivity contribution < 1.29 is 59.0 Å². The summed E-state index contributed by atoms with van der Waals surface area (Å²) in [5.41, 5.74) is 27.2. The third-order valence-corrected chi connectivity index (χ3v) is 26.7. The second-order valence-electron chi connectivity index (χ2n) is 37.2. The highest BCUT2D eigenvalue weighted by Gasteiger charge is 2.31. The van der Waals surface area contributed by atoms with Gasteiger partial charge in [0.1, 0.15) is 35.5 Å². The molecule has 16 N–H and O–H groups in total. The Bertz CT molecular complexity index is 7670. The van der Waals surface area contributed by atoms with Gasteiger partial charge in [-0.1, -0.05) is 92.4 Å². The molecule has 18 aromatic rings. The first-order chi connectivity index (χ1) is 72.0. The van der Waals surface area contributed by atoms with Crippen LogP contribution in [0.1, 0.15) is 111 Å². The lowest BCUT2D eigenvalue weighted by molar-refractivity contribution is 0.0697. The Morgan fingerprint density at radius 1 is 0.369 bits per heavy atom. The lowest BCUT2D eigenvalue weighted by Gasteiger charge is -2.35. The number of benzene rings is 6. The number of carboxylic acids is 1. The van der Waals surface area contributed by atoms with Gasteiger partial charge in [-0.05, 0) is 206 Å². The first kappa shape index (κ1) is 104. The molecule has 0 radical (unpaired) electrons. The Hall–Kier alpha value is -16.6. The van der Waals surface area contributed by atoms with Gasteiger partial charge in [-0.25, -0.2) is 42.8 Å². The Morgan fingerprint density at radius 2 is 0.664 bits per heavy atom. The number of aromatic nitrogens is 16. The molecule has 6 aromatic carbocycles. The van der Waals surface area contributed by atoms with Crippen molar-refractivity contribution >= 4 is 157 Å². The van der Waals surface area contributed by atoms with E-state index >= 15 is 0 Å². The second kappa shape index (κ2) is 48.6. The van der Waals surface area contributed by atoms with E-state index in [1.165, 1.54) is 69.3 Å². The number of piperidine rings is 4. The maximum atomic E-state index is 13.6. The van der Waals surface area contributed by atoms with Crippen LogP contribution in [0.3, 0.4) is 0 Å². The fourth-order valence-corrected chi connectivity index (χ4v) is 18.6. The van der Waals surface area contributed by atoms with Gasteiger partial charge in [-0.2, -0.15) is 20.4 Å². The summed E-state index contributed by atoms with van der Waals surface area (Å²) in [5.74, 6) is 1.20. The van der Waals surface area contributed by atoms with Gasteiger partial charge in [0, 0.05) is 98.7 Å². The number of carboxylic acid groups (broad SMARTS) is 1. The van der Waals surface area contributed by atoms with Crippen molar-refractivity contribution in [3.8, 4) is 23.0 Å². The van der Waals surface area contributed by atoms with Gasteiger partial charge in [0.2, 0.25) is 0 Å². The molecule has 12 aromatic heterocycles. The number of nitrogen functional groups attached to an aromatic ring is 1. The number of nitrogens with zero attached hydrogens (tertiary/aromatic N) is 20. The summed E-state index contributed by atoms with van der Waals surface area (Å²) in [6.07, 6.45) is 32.9. The number of hydrogen-bond donors (Lipinski definition) is 14. The van der Waals surface area contributed by atoms with Crippen molar-refractivity contribution in [3.63, 3.8) is 0 Å². The molecule has 4 saturated heterocycles. The molecule has 4 fully saturated rings. The minimum atomic E-state index is -1.05. The van der Waals surface area contributed by atoms with Crippen LogP contribution in [0.25, 0.3) is 66.2 Å². The topological polar surface area (TPSA) is 518 Å². The molecule has 16 heterocycles. The van der Waals surface area contributed by atoms with Gasteiger partial charge in [0.25, 0.3) is 17.7 Å². The molecule has 0 unspecified atom stereocenters. The first-order valence-electron chi connectivity index (χ1n) is 49.5. The summed E-state index contributed by atoms with van der Waals surface area (Å²) in [7, 11) is -1.45. The number of pyridine rings is 4. The average Bonchev–Trinajstić information content (AvgIpc) is 1.78. The maximum Gasteiger partial charge on any atom is 0.373 e. The molecule has 764 valence electrons. The van der Waals surface area contributed by atoms with Gasteiger partial charge >= 0.3 is 27.1 Å². The zero-order valence-electron chi connectivity index (χ0n) is 82.1. The normalized spacial score (nSPS) is 14.1. The molecule has 43 heteroatoms. The molecule has 0 bridgehead atoms. The van der Waals surface area contributed by atoms with Crippen LogP contribution < -0.4 is 72.2 Å². The van der Waals surface area contributed by atoms with Crippen LogP contribution in [0, 0.1) is 23.7 Å². The smallest absolute Gasteiger partial charge is 0.373 e.